The number of carbonyl (C=O) groups is 1. The Bertz CT molecular complexity index is 599. The first kappa shape index (κ1) is 12.0. The topological polar surface area (TPSA) is 68.0 Å². The molecule has 2 rings (SSSR count). The van der Waals surface area contributed by atoms with Crippen LogP contribution in [0.4, 0.5) is 15.8 Å². The average Bonchev–Trinajstić information content (AvgIpc) is 2.35. The molecule has 3 N–H and O–H groups in total. The smallest absolute Gasteiger partial charge is 0.258 e. The fourth-order valence-electron chi connectivity index (χ4n) is 1.50. The minimum Gasteiger partial charge on any atom is -0.399 e. The van der Waals surface area contributed by atoms with Gasteiger partial charge in [0.25, 0.3) is 5.91 Å². The van der Waals surface area contributed by atoms with Gasteiger partial charge in [-0.2, -0.15) is 0 Å². The average molecular weight is 245 g/mol. The summed E-state index contributed by atoms with van der Waals surface area (Å²) in [6.45, 7) is 1.83. The summed E-state index contributed by atoms with van der Waals surface area (Å²) in [4.78, 5) is 15.8. The summed E-state index contributed by atoms with van der Waals surface area (Å²) >= 11 is 0. The lowest BCUT2D eigenvalue weighted by atomic mass is 10.1. The number of aromatic nitrogens is 1. The van der Waals surface area contributed by atoms with Gasteiger partial charge in [-0.3, -0.25) is 9.78 Å². The maximum Gasteiger partial charge on any atom is 0.258 e. The number of nitrogen functional groups attached to an aromatic ring is 1. The van der Waals surface area contributed by atoms with Crippen LogP contribution in [0.25, 0.3) is 0 Å². The van der Waals surface area contributed by atoms with E-state index in [2.05, 4.69) is 10.3 Å². The van der Waals surface area contributed by atoms with Crippen LogP contribution >= 0.6 is 0 Å². The van der Waals surface area contributed by atoms with Crippen molar-refractivity contribution in [3.05, 3.63) is 53.6 Å². The van der Waals surface area contributed by atoms with E-state index in [0.29, 0.717) is 11.4 Å². The number of amides is 1. The lowest BCUT2D eigenvalue weighted by Crippen LogP contribution is -2.15. The second-order valence-corrected chi connectivity index (χ2v) is 3.88. The van der Waals surface area contributed by atoms with Crippen LogP contribution in [0.1, 0.15) is 15.9 Å². The maximum absolute atomic E-state index is 13.5. The van der Waals surface area contributed by atoms with Gasteiger partial charge in [-0.1, -0.05) is 0 Å². The molecule has 0 aliphatic heterocycles. The molecule has 2 aromatic rings. The molecule has 1 aromatic heterocycles. The highest BCUT2D eigenvalue weighted by molar-refractivity contribution is 6.05. The zero-order valence-electron chi connectivity index (χ0n) is 9.77. The highest BCUT2D eigenvalue weighted by atomic mass is 19.1. The molecule has 0 fully saturated rings. The lowest BCUT2D eigenvalue weighted by molar-refractivity contribution is 0.102. The Hall–Kier alpha value is -2.43. The summed E-state index contributed by atoms with van der Waals surface area (Å²) in [5, 5.41) is 2.60. The van der Waals surface area contributed by atoms with Crippen LogP contribution in [0, 0.1) is 12.7 Å². The molecule has 0 unspecified atom stereocenters. The van der Waals surface area contributed by atoms with Crippen LogP contribution in [0.15, 0.2) is 36.7 Å². The summed E-state index contributed by atoms with van der Waals surface area (Å²) in [6, 6.07) is 5.63. The summed E-state index contributed by atoms with van der Waals surface area (Å²) in [7, 11) is 0. The Kier molecular flexibility index (Phi) is 3.23. The fourth-order valence-corrected chi connectivity index (χ4v) is 1.50. The monoisotopic (exact) mass is 245 g/mol. The van der Waals surface area contributed by atoms with Crippen LogP contribution in [0.3, 0.4) is 0 Å². The van der Waals surface area contributed by atoms with Crippen molar-refractivity contribution in [2.24, 2.45) is 0 Å². The Morgan fingerprint density at radius 3 is 2.89 bits per heavy atom. The number of hydrogen-bond acceptors (Lipinski definition) is 3. The van der Waals surface area contributed by atoms with Crippen molar-refractivity contribution in [3.63, 3.8) is 0 Å². The highest BCUT2D eigenvalue weighted by Crippen LogP contribution is 2.16. The van der Waals surface area contributed by atoms with E-state index in [1.165, 1.54) is 24.4 Å². The molecule has 0 atom stereocenters. The number of nitrogens with zero attached hydrogens (tertiary/aromatic N) is 1. The quantitative estimate of drug-likeness (QED) is 0.798. The summed E-state index contributed by atoms with van der Waals surface area (Å²) in [5.41, 5.74) is 7.18. The third kappa shape index (κ3) is 2.45. The predicted octanol–water partition coefficient (Wildman–Crippen LogP) is 2.36. The van der Waals surface area contributed by atoms with Crippen molar-refractivity contribution in [1.29, 1.82) is 0 Å². The number of nitrogens with one attached hydrogen (secondary N) is 1. The molecule has 0 radical (unpaired) electrons. The second-order valence-electron chi connectivity index (χ2n) is 3.88. The van der Waals surface area contributed by atoms with Crippen molar-refractivity contribution in [3.8, 4) is 0 Å². The Labute approximate surface area is 104 Å². The van der Waals surface area contributed by atoms with E-state index in [0.717, 1.165) is 5.56 Å². The van der Waals surface area contributed by atoms with E-state index in [1.54, 1.807) is 12.3 Å². The molecular formula is C13H12FN3O. The van der Waals surface area contributed by atoms with E-state index in [-0.39, 0.29) is 5.56 Å². The molecule has 0 aliphatic carbocycles. The number of nitrogens with two attached hydrogens (primary N) is 1. The standard InChI is InChI=1S/C13H12FN3O/c1-8-4-5-16-7-12(8)17-13(18)10-6-9(15)2-3-11(10)14/h2-7H,15H2,1H3,(H,17,18). The van der Waals surface area contributed by atoms with Gasteiger partial charge in [0.15, 0.2) is 0 Å². The lowest BCUT2D eigenvalue weighted by Gasteiger charge is -2.08. The summed E-state index contributed by atoms with van der Waals surface area (Å²) in [5.74, 6) is -1.15. The zero-order chi connectivity index (χ0) is 13.1. The first-order chi connectivity index (χ1) is 8.58. The van der Waals surface area contributed by atoms with Crippen LogP contribution in [0.2, 0.25) is 0 Å². The third-order valence-electron chi connectivity index (χ3n) is 2.52. The number of hydrogen-bond donors (Lipinski definition) is 2. The van der Waals surface area contributed by atoms with E-state index < -0.39 is 11.7 Å². The van der Waals surface area contributed by atoms with Crippen molar-refractivity contribution >= 4 is 17.3 Å². The molecular weight excluding hydrogens is 233 g/mol. The minimum atomic E-state index is -0.608. The van der Waals surface area contributed by atoms with Gasteiger partial charge >= 0.3 is 0 Å². The normalized spacial score (nSPS) is 10.1. The van der Waals surface area contributed by atoms with Crippen LogP contribution in [0.5, 0.6) is 0 Å². The number of carbonyl (C=O) groups excluding carboxylic acids is 1. The molecule has 0 spiro atoms. The SMILES string of the molecule is Cc1ccncc1NC(=O)c1cc(N)ccc1F. The molecule has 1 heterocycles. The molecule has 4 nitrogen and oxygen atoms in total. The first-order valence-electron chi connectivity index (χ1n) is 5.35. The number of rotatable bonds is 2. The third-order valence-corrected chi connectivity index (χ3v) is 2.52. The molecule has 0 aliphatic rings. The van der Waals surface area contributed by atoms with Gasteiger partial charge in [0.2, 0.25) is 0 Å². The van der Waals surface area contributed by atoms with E-state index in [4.69, 9.17) is 5.73 Å². The molecule has 18 heavy (non-hydrogen) atoms. The molecule has 0 bridgehead atoms. The fraction of sp³-hybridized carbons (Fsp3) is 0.0769. The van der Waals surface area contributed by atoms with Gasteiger partial charge in [-0.05, 0) is 36.8 Å². The van der Waals surface area contributed by atoms with Gasteiger partial charge in [0.1, 0.15) is 5.82 Å². The number of halogens is 1. The molecule has 1 aromatic carbocycles. The molecule has 0 saturated carbocycles. The first-order valence-corrected chi connectivity index (χ1v) is 5.35. The van der Waals surface area contributed by atoms with E-state index in [1.807, 2.05) is 6.92 Å². The Morgan fingerprint density at radius 2 is 2.17 bits per heavy atom. The second kappa shape index (κ2) is 4.83. The van der Waals surface area contributed by atoms with Crippen LogP contribution in [-0.4, -0.2) is 10.9 Å². The van der Waals surface area contributed by atoms with Crippen molar-refractivity contribution in [2.75, 3.05) is 11.1 Å². The van der Waals surface area contributed by atoms with Crippen LogP contribution in [-0.2, 0) is 0 Å². The van der Waals surface area contributed by atoms with Crippen molar-refractivity contribution in [2.45, 2.75) is 6.92 Å². The van der Waals surface area contributed by atoms with Gasteiger partial charge < -0.3 is 11.1 Å². The number of anilines is 2. The van der Waals surface area contributed by atoms with Gasteiger partial charge in [-0.25, -0.2) is 4.39 Å². The van der Waals surface area contributed by atoms with E-state index >= 15 is 0 Å². The maximum atomic E-state index is 13.5. The van der Waals surface area contributed by atoms with Gasteiger partial charge in [0, 0.05) is 11.9 Å². The summed E-state index contributed by atoms with van der Waals surface area (Å²) < 4.78 is 13.5. The number of benzene rings is 1. The zero-order valence-corrected chi connectivity index (χ0v) is 9.77. The van der Waals surface area contributed by atoms with Crippen molar-refractivity contribution in [1.82, 2.24) is 4.98 Å². The molecule has 92 valence electrons. The predicted molar refractivity (Wildman–Crippen MR) is 67.7 cm³/mol. The van der Waals surface area contributed by atoms with Gasteiger partial charge in [0.05, 0.1) is 17.4 Å². The molecule has 0 saturated heterocycles. The number of pyridine rings is 1. The van der Waals surface area contributed by atoms with Crippen molar-refractivity contribution < 1.29 is 9.18 Å². The Balaban J connectivity index is 2.28. The van der Waals surface area contributed by atoms with Gasteiger partial charge in [-0.15, -0.1) is 0 Å². The van der Waals surface area contributed by atoms with Crippen LogP contribution < -0.4 is 11.1 Å². The number of aryl methyl sites for hydroxylation is 1. The summed E-state index contributed by atoms with van der Waals surface area (Å²) in [6.07, 6.45) is 3.13. The van der Waals surface area contributed by atoms with E-state index in [9.17, 15) is 9.18 Å². The highest BCUT2D eigenvalue weighted by Gasteiger charge is 2.13. The Morgan fingerprint density at radius 1 is 1.39 bits per heavy atom. The minimum absolute atomic E-state index is 0.0850. The largest absolute Gasteiger partial charge is 0.399 e. The molecule has 5 heteroatoms. The molecule has 1 amide bonds.